The van der Waals surface area contributed by atoms with Crippen molar-refractivity contribution in [1.82, 2.24) is 9.80 Å². The number of nitrogens with zero attached hydrogens (tertiary/aromatic N) is 3. The summed E-state index contributed by atoms with van der Waals surface area (Å²) in [5.74, 6) is -0.0900. The second-order valence-corrected chi connectivity index (χ2v) is 9.39. The van der Waals surface area contributed by atoms with Crippen molar-refractivity contribution in [3.63, 3.8) is 0 Å². The summed E-state index contributed by atoms with van der Waals surface area (Å²) in [6.07, 6.45) is -1.01. The van der Waals surface area contributed by atoms with E-state index in [1.807, 2.05) is 0 Å². The van der Waals surface area contributed by atoms with Gasteiger partial charge in [-0.25, -0.2) is 0 Å². The number of piperazine rings is 1. The third-order valence-corrected chi connectivity index (χ3v) is 7.27. The zero-order chi connectivity index (χ0) is 22.7. The van der Waals surface area contributed by atoms with Gasteiger partial charge in [-0.15, -0.1) is 11.3 Å². The second kappa shape index (κ2) is 9.61. The van der Waals surface area contributed by atoms with Crippen molar-refractivity contribution in [1.29, 1.82) is 5.26 Å². The molecule has 4 rings (SSSR count). The molecular formula is C23H25F3N4OS. The Labute approximate surface area is 189 Å². The molecule has 2 heterocycles. The SMILES string of the molecule is N#Cc1c(NC(=O)CCN2CCN(Cc3cccc(C(F)(F)F)c3)CC2)sc2c1CCC2. The molecule has 0 saturated carbocycles. The standard InChI is InChI=1S/C23H25F3N4OS/c24-23(25,26)17-4-1-3-16(13-17)15-30-11-9-29(10-12-30)8-7-21(31)28-22-19(14-27)18-5-2-6-20(18)32-22/h1,3-4,13H,2,5-12,15H2,(H,28,31). The number of fused-ring (bicyclic) bond motifs is 1. The van der Waals surface area contributed by atoms with Crippen molar-refractivity contribution in [2.45, 2.75) is 38.4 Å². The van der Waals surface area contributed by atoms with Crippen molar-refractivity contribution in [2.75, 3.05) is 38.0 Å². The van der Waals surface area contributed by atoms with E-state index < -0.39 is 11.7 Å². The Balaban J connectivity index is 1.22. The topological polar surface area (TPSA) is 59.4 Å². The number of amides is 1. The normalized spacial score (nSPS) is 17.2. The molecule has 1 N–H and O–H groups in total. The Bertz CT molecular complexity index is 1020. The van der Waals surface area contributed by atoms with Gasteiger partial charge in [-0.05, 0) is 36.5 Å². The Kier molecular flexibility index (Phi) is 6.84. The van der Waals surface area contributed by atoms with Crippen LogP contribution in [0.3, 0.4) is 0 Å². The molecule has 1 aliphatic carbocycles. The lowest BCUT2D eigenvalue weighted by Gasteiger charge is -2.34. The number of hydrogen-bond donors (Lipinski definition) is 1. The van der Waals surface area contributed by atoms with Gasteiger partial charge in [0.2, 0.25) is 5.91 Å². The van der Waals surface area contributed by atoms with E-state index in [4.69, 9.17) is 0 Å². The second-order valence-electron chi connectivity index (χ2n) is 8.29. The van der Waals surface area contributed by atoms with E-state index in [9.17, 15) is 23.2 Å². The molecule has 1 aromatic heterocycles. The van der Waals surface area contributed by atoms with Gasteiger partial charge in [-0.1, -0.05) is 18.2 Å². The first-order valence-corrected chi connectivity index (χ1v) is 11.6. The lowest BCUT2D eigenvalue weighted by Crippen LogP contribution is -2.46. The molecule has 1 aromatic carbocycles. The van der Waals surface area contributed by atoms with E-state index >= 15 is 0 Å². The van der Waals surface area contributed by atoms with Gasteiger partial charge in [0.05, 0.1) is 11.1 Å². The average Bonchev–Trinajstić information content (AvgIpc) is 3.33. The Morgan fingerprint density at radius 2 is 1.91 bits per heavy atom. The summed E-state index contributed by atoms with van der Waals surface area (Å²) in [7, 11) is 0. The van der Waals surface area contributed by atoms with E-state index in [0.717, 1.165) is 57.1 Å². The predicted molar refractivity (Wildman–Crippen MR) is 117 cm³/mol. The highest BCUT2D eigenvalue weighted by Crippen LogP contribution is 2.38. The largest absolute Gasteiger partial charge is 0.416 e. The molecule has 9 heteroatoms. The van der Waals surface area contributed by atoms with Gasteiger partial charge >= 0.3 is 6.18 Å². The smallest absolute Gasteiger partial charge is 0.317 e. The highest BCUT2D eigenvalue weighted by Gasteiger charge is 2.30. The molecule has 1 amide bonds. The molecular weight excluding hydrogens is 437 g/mol. The summed E-state index contributed by atoms with van der Waals surface area (Å²) in [4.78, 5) is 18.0. The molecule has 0 atom stereocenters. The summed E-state index contributed by atoms with van der Waals surface area (Å²) in [6.45, 7) is 4.13. The molecule has 2 aromatic rings. The molecule has 1 aliphatic heterocycles. The molecule has 2 aliphatic rings. The fourth-order valence-corrected chi connectivity index (χ4v) is 5.59. The maximum absolute atomic E-state index is 12.9. The summed E-state index contributed by atoms with van der Waals surface area (Å²) in [5.41, 5.74) is 1.77. The monoisotopic (exact) mass is 462 g/mol. The van der Waals surface area contributed by atoms with Crippen LogP contribution in [-0.2, 0) is 30.4 Å². The van der Waals surface area contributed by atoms with Gasteiger partial charge in [0, 0.05) is 50.6 Å². The number of benzene rings is 1. The zero-order valence-corrected chi connectivity index (χ0v) is 18.5. The van der Waals surface area contributed by atoms with Crippen LogP contribution in [0.25, 0.3) is 0 Å². The van der Waals surface area contributed by atoms with Crippen molar-refractivity contribution < 1.29 is 18.0 Å². The van der Waals surface area contributed by atoms with E-state index in [0.29, 0.717) is 35.6 Å². The number of carbonyl (C=O) groups excluding carboxylic acids is 1. The summed E-state index contributed by atoms with van der Waals surface area (Å²) >= 11 is 1.52. The fourth-order valence-electron chi connectivity index (χ4n) is 4.33. The Hall–Kier alpha value is -2.41. The molecule has 0 spiro atoms. The van der Waals surface area contributed by atoms with Crippen LogP contribution in [0.4, 0.5) is 18.2 Å². The van der Waals surface area contributed by atoms with Crippen molar-refractivity contribution in [2.24, 2.45) is 0 Å². The minimum atomic E-state index is -4.33. The maximum atomic E-state index is 12.9. The van der Waals surface area contributed by atoms with E-state index in [2.05, 4.69) is 21.2 Å². The van der Waals surface area contributed by atoms with Crippen LogP contribution in [0.5, 0.6) is 0 Å². The molecule has 5 nitrogen and oxygen atoms in total. The van der Waals surface area contributed by atoms with E-state index in [1.165, 1.54) is 28.3 Å². The number of nitrogens with one attached hydrogen (secondary N) is 1. The number of carbonyl (C=O) groups is 1. The third kappa shape index (κ3) is 5.31. The molecule has 170 valence electrons. The van der Waals surface area contributed by atoms with Crippen LogP contribution >= 0.6 is 11.3 Å². The summed E-state index contributed by atoms with van der Waals surface area (Å²) in [5, 5.41) is 13.0. The van der Waals surface area contributed by atoms with Crippen LogP contribution in [-0.4, -0.2) is 48.4 Å². The molecule has 0 unspecified atom stereocenters. The molecule has 0 radical (unpaired) electrons. The number of nitriles is 1. The van der Waals surface area contributed by atoms with Crippen LogP contribution in [0.1, 0.15) is 40.0 Å². The fraction of sp³-hybridized carbons (Fsp3) is 0.478. The first-order chi connectivity index (χ1) is 15.3. The molecule has 1 fully saturated rings. The average molecular weight is 463 g/mol. The quantitative estimate of drug-likeness (QED) is 0.697. The van der Waals surface area contributed by atoms with Gasteiger partial charge in [0.25, 0.3) is 0 Å². The van der Waals surface area contributed by atoms with Gasteiger partial charge in [-0.2, -0.15) is 18.4 Å². The molecule has 32 heavy (non-hydrogen) atoms. The minimum absolute atomic E-state index is 0.0900. The van der Waals surface area contributed by atoms with E-state index in [1.54, 1.807) is 6.07 Å². The number of aryl methyl sites for hydroxylation is 1. The number of rotatable bonds is 6. The summed E-state index contributed by atoms with van der Waals surface area (Å²) < 4.78 is 38.7. The van der Waals surface area contributed by atoms with Crippen molar-refractivity contribution >= 4 is 22.2 Å². The van der Waals surface area contributed by atoms with Crippen LogP contribution < -0.4 is 5.32 Å². The van der Waals surface area contributed by atoms with Gasteiger partial charge in [0.1, 0.15) is 11.1 Å². The van der Waals surface area contributed by atoms with Crippen molar-refractivity contribution in [3.8, 4) is 6.07 Å². The number of hydrogen-bond acceptors (Lipinski definition) is 5. The van der Waals surface area contributed by atoms with Crippen LogP contribution in [0, 0.1) is 11.3 Å². The number of alkyl halides is 3. The Morgan fingerprint density at radius 3 is 2.62 bits per heavy atom. The summed E-state index contributed by atoms with van der Waals surface area (Å²) in [6, 6.07) is 7.72. The van der Waals surface area contributed by atoms with Gasteiger partial charge in [0.15, 0.2) is 0 Å². The lowest BCUT2D eigenvalue weighted by atomic mass is 10.1. The third-order valence-electron chi connectivity index (χ3n) is 6.07. The Morgan fingerprint density at radius 1 is 1.16 bits per heavy atom. The number of thiophene rings is 1. The first kappa shape index (κ1) is 22.8. The van der Waals surface area contributed by atoms with Gasteiger partial charge < -0.3 is 10.2 Å². The highest BCUT2D eigenvalue weighted by atomic mass is 32.1. The maximum Gasteiger partial charge on any atom is 0.416 e. The number of halogens is 3. The zero-order valence-electron chi connectivity index (χ0n) is 17.7. The molecule has 0 bridgehead atoms. The van der Waals surface area contributed by atoms with Gasteiger partial charge in [-0.3, -0.25) is 9.69 Å². The minimum Gasteiger partial charge on any atom is -0.317 e. The van der Waals surface area contributed by atoms with Crippen LogP contribution in [0.2, 0.25) is 0 Å². The van der Waals surface area contributed by atoms with E-state index in [-0.39, 0.29) is 5.91 Å². The predicted octanol–water partition coefficient (Wildman–Crippen LogP) is 4.27. The first-order valence-electron chi connectivity index (χ1n) is 10.8. The molecule has 1 saturated heterocycles. The highest BCUT2D eigenvalue weighted by molar-refractivity contribution is 7.16. The van der Waals surface area contributed by atoms with Crippen molar-refractivity contribution in [3.05, 3.63) is 51.4 Å². The number of anilines is 1. The van der Waals surface area contributed by atoms with Crippen LogP contribution in [0.15, 0.2) is 24.3 Å². The lowest BCUT2D eigenvalue weighted by molar-refractivity contribution is -0.137.